The average Bonchev–Trinajstić information content (AvgIpc) is 3.42. The fourth-order valence-electron chi connectivity index (χ4n) is 3.56. The second-order valence-corrected chi connectivity index (χ2v) is 8.28. The summed E-state index contributed by atoms with van der Waals surface area (Å²) in [6.07, 6.45) is 2.07. The molecular weight excluding hydrogens is 532 g/mol. The van der Waals surface area contributed by atoms with E-state index in [1.165, 1.54) is 0 Å². The molecule has 2 aromatic heterocycles. The van der Waals surface area contributed by atoms with Crippen molar-refractivity contribution in [3.05, 3.63) is 57.3 Å². The summed E-state index contributed by atoms with van der Waals surface area (Å²) in [5, 5.41) is 8.92. The Morgan fingerprint density at radius 3 is 2.81 bits per heavy atom. The van der Waals surface area contributed by atoms with Crippen molar-refractivity contribution in [2.75, 3.05) is 32.3 Å². The highest BCUT2D eigenvalue weighted by Gasteiger charge is 2.32. The average molecular weight is 555 g/mol. The number of aliphatic hydroxyl groups excluding tert-OH is 1. The fraction of sp³-hybridized carbons (Fsp3) is 0.381. The molecule has 3 heterocycles. The quantitative estimate of drug-likeness (QED) is 0.223. The molecule has 1 unspecified atom stereocenters. The Labute approximate surface area is 197 Å². The zero-order chi connectivity index (χ0) is 22.5. The summed E-state index contributed by atoms with van der Waals surface area (Å²) in [6.45, 7) is 1.47. The van der Waals surface area contributed by atoms with E-state index in [1.807, 2.05) is 24.3 Å². The van der Waals surface area contributed by atoms with Crippen molar-refractivity contribution in [2.45, 2.75) is 25.3 Å². The molecule has 1 atom stereocenters. The van der Waals surface area contributed by atoms with Crippen molar-refractivity contribution in [3.63, 3.8) is 0 Å². The number of unbranched alkanes of at least 4 members (excludes halogenated alkanes) is 1. The van der Waals surface area contributed by atoms with Crippen LogP contribution in [0.3, 0.4) is 0 Å². The smallest absolute Gasteiger partial charge is 0.312 e. The van der Waals surface area contributed by atoms with Gasteiger partial charge in [0.15, 0.2) is 17.0 Å². The number of imidazole rings is 1. The van der Waals surface area contributed by atoms with E-state index in [9.17, 15) is 4.39 Å². The Morgan fingerprint density at radius 1 is 1.22 bits per heavy atom. The van der Waals surface area contributed by atoms with Crippen molar-refractivity contribution in [3.8, 4) is 0 Å². The lowest BCUT2D eigenvalue weighted by Gasteiger charge is -2.20. The molecule has 0 saturated heterocycles. The van der Waals surface area contributed by atoms with Gasteiger partial charge in [0.25, 0.3) is 0 Å². The van der Waals surface area contributed by atoms with E-state index in [1.54, 1.807) is 10.8 Å². The van der Waals surface area contributed by atoms with E-state index in [-0.39, 0.29) is 19.2 Å². The van der Waals surface area contributed by atoms with Crippen LogP contribution in [0, 0.1) is 9.65 Å². The third kappa shape index (κ3) is 4.79. The SMILES string of the molecule is Nc1nc(F)nc2c1nc(C(C1=COCO1)c1ccccc1I)n2CCOCCCCO. The van der Waals surface area contributed by atoms with Gasteiger partial charge in [0.1, 0.15) is 23.8 Å². The number of nitrogens with zero attached hydrogens (tertiary/aromatic N) is 4. The largest absolute Gasteiger partial charge is 0.462 e. The van der Waals surface area contributed by atoms with Crippen LogP contribution in [-0.4, -0.2) is 51.2 Å². The van der Waals surface area contributed by atoms with Crippen LogP contribution < -0.4 is 5.73 Å². The molecule has 0 aliphatic carbocycles. The Hall–Kier alpha value is -2.51. The second kappa shape index (κ2) is 10.4. The van der Waals surface area contributed by atoms with Crippen LogP contribution in [0.25, 0.3) is 11.2 Å². The number of nitrogen functional groups attached to an aromatic ring is 1. The van der Waals surface area contributed by atoms with Gasteiger partial charge in [-0.05, 0) is 47.1 Å². The first-order chi connectivity index (χ1) is 15.6. The number of hydrogen-bond donors (Lipinski definition) is 2. The number of fused-ring (bicyclic) bond motifs is 1. The number of aliphatic hydroxyl groups is 1. The van der Waals surface area contributed by atoms with Gasteiger partial charge >= 0.3 is 6.08 Å². The molecule has 0 bridgehead atoms. The number of ether oxygens (including phenoxy) is 3. The number of hydrogen-bond acceptors (Lipinski definition) is 8. The summed E-state index contributed by atoms with van der Waals surface area (Å²) < 4.78 is 33.6. The molecule has 9 nitrogen and oxygen atoms in total. The van der Waals surface area contributed by atoms with Crippen molar-refractivity contribution in [1.82, 2.24) is 19.5 Å². The molecule has 0 amide bonds. The molecule has 0 saturated carbocycles. The second-order valence-electron chi connectivity index (χ2n) is 7.12. The zero-order valence-electron chi connectivity index (χ0n) is 17.2. The van der Waals surface area contributed by atoms with Crippen molar-refractivity contribution in [2.24, 2.45) is 0 Å². The molecule has 3 N–H and O–H groups in total. The van der Waals surface area contributed by atoms with Crippen LogP contribution in [-0.2, 0) is 20.8 Å². The van der Waals surface area contributed by atoms with Gasteiger partial charge in [-0.25, -0.2) is 4.98 Å². The van der Waals surface area contributed by atoms with E-state index >= 15 is 0 Å². The molecule has 170 valence electrons. The highest BCUT2D eigenvalue weighted by atomic mass is 127. The van der Waals surface area contributed by atoms with Crippen LogP contribution in [0.4, 0.5) is 10.2 Å². The van der Waals surface area contributed by atoms with Gasteiger partial charge in [0.2, 0.25) is 6.79 Å². The van der Waals surface area contributed by atoms with E-state index in [4.69, 9.17) is 30.0 Å². The number of anilines is 1. The molecule has 0 radical (unpaired) electrons. The molecule has 0 fully saturated rings. The Bertz CT molecular complexity index is 1120. The van der Waals surface area contributed by atoms with Crippen molar-refractivity contribution < 1.29 is 23.7 Å². The minimum atomic E-state index is -0.919. The predicted octanol–water partition coefficient (Wildman–Crippen LogP) is 2.92. The molecular formula is C21H23FIN5O4. The monoisotopic (exact) mass is 555 g/mol. The van der Waals surface area contributed by atoms with Crippen LogP contribution in [0.15, 0.2) is 36.3 Å². The van der Waals surface area contributed by atoms with E-state index in [0.717, 1.165) is 15.6 Å². The zero-order valence-corrected chi connectivity index (χ0v) is 19.4. The maximum absolute atomic E-state index is 14.0. The summed E-state index contributed by atoms with van der Waals surface area (Å²) in [7, 11) is 0. The van der Waals surface area contributed by atoms with Gasteiger partial charge in [-0.15, -0.1) is 0 Å². The normalized spacial score (nSPS) is 14.3. The molecule has 32 heavy (non-hydrogen) atoms. The summed E-state index contributed by atoms with van der Waals surface area (Å²) in [5.41, 5.74) is 7.54. The third-order valence-corrected chi connectivity index (χ3v) is 6.01. The van der Waals surface area contributed by atoms with Gasteiger partial charge in [-0.1, -0.05) is 18.2 Å². The van der Waals surface area contributed by atoms with E-state index in [0.29, 0.717) is 48.9 Å². The van der Waals surface area contributed by atoms with Gasteiger partial charge in [0, 0.05) is 23.3 Å². The van der Waals surface area contributed by atoms with Crippen LogP contribution in [0.5, 0.6) is 0 Å². The standard InChI is InChI=1S/C21H23FIN5O4/c22-21-26-18(24)17-20(27-21)28(7-10-30-9-4-3-8-29)19(25-17)16(15-11-31-12-32-15)13-5-1-2-6-14(13)23/h1-2,5-6,11,16,29H,3-4,7-10,12H2,(H2,24,26,27). The number of benzene rings is 1. The number of nitrogens with two attached hydrogens (primary N) is 1. The van der Waals surface area contributed by atoms with Crippen molar-refractivity contribution >= 4 is 39.6 Å². The minimum Gasteiger partial charge on any atom is -0.462 e. The first-order valence-electron chi connectivity index (χ1n) is 10.2. The third-order valence-electron chi connectivity index (χ3n) is 5.03. The number of halogens is 2. The number of allylic oxidation sites excluding steroid dienone is 1. The maximum Gasteiger partial charge on any atom is 0.312 e. The summed E-state index contributed by atoms with van der Waals surface area (Å²) in [4.78, 5) is 12.3. The topological polar surface area (TPSA) is 118 Å². The molecule has 3 aromatic rings. The highest BCUT2D eigenvalue weighted by molar-refractivity contribution is 14.1. The van der Waals surface area contributed by atoms with Crippen LogP contribution in [0.1, 0.15) is 30.1 Å². The van der Waals surface area contributed by atoms with Gasteiger partial charge in [-0.2, -0.15) is 14.4 Å². The summed E-state index contributed by atoms with van der Waals surface area (Å²) >= 11 is 2.26. The lowest BCUT2D eigenvalue weighted by molar-refractivity contribution is 0.0762. The minimum absolute atomic E-state index is 0.0320. The van der Waals surface area contributed by atoms with Gasteiger partial charge < -0.3 is 29.6 Å². The molecule has 1 aromatic carbocycles. The summed E-state index contributed by atoms with van der Waals surface area (Å²) in [6, 6.07) is 7.86. The van der Waals surface area contributed by atoms with Crippen LogP contribution >= 0.6 is 22.6 Å². The van der Waals surface area contributed by atoms with E-state index < -0.39 is 12.0 Å². The molecule has 4 rings (SSSR count). The van der Waals surface area contributed by atoms with Gasteiger partial charge in [-0.3, -0.25) is 0 Å². The Morgan fingerprint density at radius 2 is 2.06 bits per heavy atom. The number of aromatic nitrogens is 4. The van der Waals surface area contributed by atoms with Crippen molar-refractivity contribution in [1.29, 1.82) is 0 Å². The first kappa shape index (κ1) is 22.7. The maximum atomic E-state index is 14.0. The highest BCUT2D eigenvalue weighted by Crippen LogP contribution is 2.38. The van der Waals surface area contributed by atoms with E-state index in [2.05, 4.69) is 32.6 Å². The lowest BCUT2D eigenvalue weighted by Crippen LogP contribution is -2.17. The molecule has 1 aliphatic heterocycles. The summed E-state index contributed by atoms with van der Waals surface area (Å²) in [5.74, 6) is 0.708. The predicted molar refractivity (Wildman–Crippen MR) is 123 cm³/mol. The first-order valence-corrected chi connectivity index (χ1v) is 11.2. The number of rotatable bonds is 10. The fourth-order valence-corrected chi connectivity index (χ4v) is 4.26. The molecule has 0 spiro atoms. The Kier molecular flexibility index (Phi) is 7.37. The molecule has 11 heteroatoms. The lowest BCUT2D eigenvalue weighted by atomic mass is 9.96. The Balaban J connectivity index is 1.78. The molecule has 1 aliphatic rings. The van der Waals surface area contributed by atoms with Crippen LogP contribution in [0.2, 0.25) is 0 Å². The van der Waals surface area contributed by atoms with Gasteiger partial charge in [0.05, 0.1) is 6.61 Å².